The number of para-hydroxylation sites is 1. The van der Waals surface area contributed by atoms with Crippen molar-refractivity contribution < 1.29 is 22.7 Å². The molecule has 1 unspecified atom stereocenters. The number of rotatable bonds is 9. The van der Waals surface area contributed by atoms with Crippen LogP contribution in [0.1, 0.15) is 48.1 Å². The number of ether oxygens (including phenoxy) is 1. The first-order chi connectivity index (χ1) is 15.8. The van der Waals surface area contributed by atoms with E-state index in [9.17, 15) is 18.0 Å². The van der Waals surface area contributed by atoms with E-state index in [0.717, 1.165) is 31.5 Å². The van der Waals surface area contributed by atoms with Gasteiger partial charge in [0.25, 0.3) is 11.8 Å². The summed E-state index contributed by atoms with van der Waals surface area (Å²) in [4.78, 5) is 27.1. The molecule has 2 amide bonds. The molecule has 1 fully saturated rings. The van der Waals surface area contributed by atoms with Gasteiger partial charge < -0.3 is 15.0 Å². The van der Waals surface area contributed by atoms with Crippen LogP contribution < -0.4 is 14.8 Å². The fourth-order valence-corrected chi connectivity index (χ4v) is 4.66. The third-order valence-corrected chi connectivity index (χ3v) is 7.32. The molecule has 1 atom stereocenters. The Labute approximate surface area is 199 Å². The highest BCUT2D eigenvalue weighted by atomic mass is 35.5. The largest absolute Gasteiger partial charge is 0.483 e. The van der Waals surface area contributed by atoms with Crippen LogP contribution in [0.25, 0.3) is 0 Å². The lowest BCUT2D eigenvalue weighted by atomic mass is 10.0. The van der Waals surface area contributed by atoms with E-state index < -0.39 is 22.0 Å². The Bertz CT molecular complexity index is 1120. The summed E-state index contributed by atoms with van der Waals surface area (Å²) in [6, 6.07) is 10.7. The van der Waals surface area contributed by atoms with Crippen LogP contribution >= 0.6 is 11.6 Å². The molecular weight excluding hydrogens is 466 g/mol. The average Bonchev–Trinajstić information content (AvgIpc) is 3.36. The highest BCUT2D eigenvalue weighted by molar-refractivity contribution is 7.89. The summed E-state index contributed by atoms with van der Waals surface area (Å²) in [5.74, 6) is -0.0634. The van der Waals surface area contributed by atoms with Crippen molar-refractivity contribution in [2.75, 3.05) is 26.7 Å². The topological polar surface area (TPSA) is 105 Å². The first-order valence-corrected chi connectivity index (χ1v) is 12.7. The van der Waals surface area contributed by atoms with Crippen LogP contribution in [0.15, 0.2) is 47.4 Å². The van der Waals surface area contributed by atoms with E-state index in [0.29, 0.717) is 12.2 Å². The Kier molecular flexibility index (Phi) is 8.34. The third-order valence-electron chi connectivity index (χ3n) is 5.58. The van der Waals surface area contributed by atoms with Crippen LogP contribution in [0, 0.1) is 0 Å². The molecular formula is C23H28ClN3O5S. The van der Waals surface area contributed by atoms with Crippen molar-refractivity contribution in [3.05, 3.63) is 58.6 Å². The fraction of sp³-hybridized carbons (Fsp3) is 0.391. The molecule has 178 valence electrons. The standard InChI is InChI=1S/C23H28ClN3O5S/c1-3-20(26-23(29)18-14-16(10-11-19(18)24)33(30,31)25-2)17-8-4-5-9-21(17)32-15-22(28)27-12-6-7-13-27/h4-5,8-11,14,20,25H,3,6-7,12-13,15H2,1-2H3,(H,26,29). The van der Waals surface area contributed by atoms with Crippen LogP contribution in [0.4, 0.5) is 0 Å². The van der Waals surface area contributed by atoms with Crippen molar-refractivity contribution in [2.45, 2.75) is 37.1 Å². The van der Waals surface area contributed by atoms with Gasteiger partial charge in [0.1, 0.15) is 5.75 Å². The molecule has 0 radical (unpaired) electrons. The molecule has 1 aliphatic rings. The van der Waals surface area contributed by atoms with E-state index >= 15 is 0 Å². The Morgan fingerprint density at radius 2 is 1.85 bits per heavy atom. The SMILES string of the molecule is CCC(NC(=O)c1cc(S(=O)(=O)NC)ccc1Cl)c1ccccc1OCC(=O)N1CCCC1. The Morgan fingerprint density at radius 3 is 2.52 bits per heavy atom. The van der Waals surface area contributed by atoms with E-state index in [1.54, 1.807) is 17.0 Å². The number of nitrogens with zero attached hydrogens (tertiary/aromatic N) is 1. The van der Waals surface area contributed by atoms with Gasteiger partial charge in [-0.05, 0) is 50.6 Å². The molecule has 8 nitrogen and oxygen atoms in total. The lowest BCUT2D eigenvalue weighted by Crippen LogP contribution is -2.33. The molecule has 2 aromatic rings. The van der Waals surface area contributed by atoms with Gasteiger partial charge in [-0.3, -0.25) is 9.59 Å². The molecule has 1 heterocycles. The molecule has 0 aliphatic carbocycles. The van der Waals surface area contributed by atoms with E-state index in [1.165, 1.54) is 25.2 Å². The summed E-state index contributed by atoms with van der Waals surface area (Å²) in [6.45, 7) is 3.33. The van der Waals surface area contributed by atoms with Crippen molar-refractivity contribution in [1.29, 1.82) is 0 Å². The molecule has 2 N–H and O–H groups in total. The molecule has 3 rings (SSSR count). The van der Waals surface area contributed by atoms with Gasteiger partial charge in [0.15, 0.2) is 6.61 Å². The van der Waals surface area contributed by atoms with Crippen molar-refractivity contribution in [1.82, 2.24) is 14.9 Å². The fourth-order valence-electron chi connectivity index (χ4n) is 3.70. The number of halogens is 1. The number of nitrogens with one attached hydrogen (secondary N) is 2. The number of amides is 2. The van der Waals surface area contributed by atoms with Crippen molar-refractivity contribution in [3.63, 3.8) is 0 Å². The van der Waals surface area contributed by atoms with Gasteiger partial charge in [-0.25, -0.2) is 13.1 Å². The second-order valence-electron chi connectivity index (χ2n) is 7.70. The van der Waals surface area contributed by atoms with Crippen LogP contribution in [0.5, 0.6) is 5.75 Å². The summed E-state index contributed by atoms with van der Waals surface area (Å²) < 4.78 is 32.3. The van der Waals surface area contributed by atoms with Crippen LogP contribution in [-0.4, -0.2) is 51.9 Å². The molecule has 0 bridgehead atoms. The van der Waals surface area contributed by atoms with Crippen molar-refractivity contribution >= 4 is 33.4 Å². The summed E-state index contributed by atoms with van der Waals surface area (Å²) in [6.07, 6.45) is 2.55. The predicted octanol–water partition coefficient (Wildman–Crippen LogP) is 3.13. The summed E-state index contributed by atoms with van der Waals surface area (Å²) in [5, 5.41) is 3.04. The first-order valence-electron chi connectivity index (χ1n) is 10.8. The molecule has 0 aromatic heterocycles. The molecule has 33 heavy (non-hydrogen) atoms. The van der Waals surface area contributed by atoms with Gasteiger partial charge in [-0.2, -0.15) is 0 Å². The minimum Gasteiger partial charge on any atom is -0.483 e. The zero-order valence-corrected chi connectivity index (χ0v) is 20.2. The highest BCUT2D eigenvalue weighted by Gasteiger charge is 2.23. The molecule has 0 spiro atoms. The van der Waals surface area contributed by atoms with Crippen molar-refractivity contribution in [3.8, 4) is 5.75 Å². The van der Waals surface area contributed by atoms with Gasteiger partial charge in [0.2, 0.25) is 10.0 Å². The molecule has 1 aliphatic heterocycles. The van der Waals surface area contributed by atoms with Gasteiger partial charge in [0, 0.05) is 18.7 Å². The summed E-state index contributed by atoms with van der Waals surface area (Å²) in [7, 11) is -2.44. The maximum absolute atomic E-state index is 13.0. The van der Waals surface area contributed by atoms with Gasteiger partial charge in [0.05, 0.1) is 21.5 Å². The van der Waals surface area contributed by atoms with Crippen molar-refractivity contribution in [2.24, 2.45) is 0 Å². The third kappa shape index (κ3) is 6.04. The number of carbonyl (C=O) groups excluding carboxylic acids is 2. The number of benzene rings is 2. The number of likely N-dealkylation sites (tertiary alicyclic amines) is 1. The van der Waals surface area contributed by atoms with Gasteiger partial charge in [-0.1, -0.05) is 36.7 Å². The number of hydrogen-bond donors (Lipinski definition) is 2. The highest BCUT2D eigenvalue weighted by Crippen LogP contribution is 2.29. The minimum absolute atomic E-state index is 0.0500. The number of carbonyl (C=O) groups is 2. The Balaban J connectivity index is 1.78. The first kappa shape index (κ1) is 25.0. The zero-order valence-electron chi connectivity index (χ0n) is 18.6. The Morgan fingerprint density at radius 1 is 1.15 bits per heavy atom. The maximum Gasteiger partial charge on any atom is 0.260 e. The molecule has 10 heteroatoms. The van der Waals surface area contributed by atoms with Gasteiger partial charge in [-0.15, -0.1) is 0 Å². The second kappa shape index (κ2) is 11.0. The second-order valence-corrected chi connectivity index (χ2v) is 9.99. The van der Waals surface area contributed by atoms with Crippen LogP contribution in [-0.2, 0) is 14.8 Å². The minimum atomic E-state index is -3.73. The van der Waals surface area contributed by atoms with Crippen LogP contribution in [0.2, 0.25) is 5.02 Å². The predicted molar refractivity (Wildman–Crippen MR) is 126 cm³/mol. The number of hydrogen-bond acceptors (Lipinski definition) is 5. The smallest absolute Gasteiger partial charge is 0.260 e. The number of sulfonamides is 1. The van der Waals surface area contributed by atoms with E-state index in [-0.39, 0.29) is 28.0 Å². The van der Waals surface area contributed by atoms with E-state index in [4.69, 9.17) is 16.3 Å². The summed E-state index contributed by atoms with van der Waals surface area (Å²) >= 11 is 6.19. The Hall–Kier alpha value is -2.62. The van der Waals surface area contributed by atoms with E-state index in [1.807, 2.05) is 19.1 Å². The van der Waals surface area contributed by atoms with Crippen LogP contribution in [0.3, 0.4) is 0 Å². The summed E-state index contributed by atoms with van der Waals surface area (Å²) in [5.41, 5.74) is 0.770. The van der Waals surface area contributed by atoms with E-state index in [2.05, 4.69) is 10.0 Å². The quantitative estimate of drug-likeness (QED) is 0.558. The van der Waals surface area contributed by atoms with Gasteiger partial charge >= 0.3 is 0 Å². The lowest BCUT2D eigenvalue weighted by Gasteiger charge is -2.22. The molecule has 1 saturated heterocycles. The molecule has 2 aromatic carbocycles. The zero-order chi connectivity index (χ0) is 24.0. The monoisotopic (exact) mass is 493 g/mol. The maximum atomic E-state index is 13.0. The normalized spacial score (nSPS) is 14.7. The average molecular weight is 494 g/mol. The molecule has 0 saturated carbocycles. The lowest BCUT2D eigenvalue weighted by molar-refractivity contribution is -0.132.